The van der Waals surface area contributed by atoms with Crippen molar-refractivity contribution in [1.82, 2.24) is 10.3 Å². The molecule has 0 spiro atoms. The van der Waals surface area contributed by atoms with Gasteiger partial charge in [-0.3, -0.25) is 9.78 Å². The number of hydrogen-bond donors (Lipinski definition) is 2. The second-order valence-electron chi connectivity index (χ2n) is 3.94. The number of carbonyl (C=O) groups excluding carboxylic acids is 1. The molecule has 0 aliphatic heterocycles. The van der Waals surface area contributed by atoms with Crippen LogP contribution in [0.4, 0.5) is 8.78 Å². The maximum Gasteiger partial charge on any atom is 0.366 e. The number of alkyl halides is 2. The highest BCUT2D eigenvalue weighted by molar-refractivity contribution is 5.84. The van der Waals surface area contributed by atoms with Crippen LogP contribution in [-0.2, 0) is 15.5 Å². The molecule has 1 aromatic heterocycles. The van der Waals surface area contributed by atoms with E-state index in [9.17, 15) is 18.7 Å². The number of rotatable bonds is 7. The number of carbonyl (C=O) groups is 1. The summed E-state index contributed by atoms with van der Waals surface area (Å²) in [5, 5.41) is 11.4. The van der Waals surface area contributed by atoms with E-state index >= 15 is 0 Å². The maximum absolute atomic E-state index is 13.7. The van der Waals surface area contributed by atoms with Crippen LogP contribution in [0.1, 0.15) is 12.1 Å². The van der Waals surface area contributed by atoms with Gasteiger partial charge in [0.05, 0.1) is 12.7 Å². The highest BCUT2D eigenvalue weighted by Gasteiger charge is 2.41. The van der Waals surface area contributed by atoms with Crippen LogP contribution in [0, 0.1) is 0 Å². The van der Waals surface area contributed by atoms with Crippen LogP contribution >= 0.6 is 0 Å². The lowest BCUT2D eigenvalue weighted by molar-refractivity contribution is -0.147. The molecular weight excluding hydrogens is 258 g/mol. The largest absolute Gasteiger partial charge is 0.391 e. The predicted octanol–water partition coefficient (Wildman–Crippen LogP) is 0.687. The van der Waals surface area contributed by atoms with Crippen LogP contribution in [-0.4, -0.2) is 42.4 Å². The van der Waals surface area contributed by atoms with Crippen molar-refractivity contribution in [3.8, 4) is 0 Å². The number of nitrogens with zero attached hydrogens (tertiary/aromatic N) is 1. The minimum absolute atomic E-state index is 0.0637. The summed E-state index contributed by atoms with van der Waals surface area (Å²) < 4.78 is 32.0. The Morgan fingerprint density at radius 1 is 1.58 bits per heavy atom. The molecule has 19 heavy (non-hydrogen) atoms. The van der Waals surface area contributed by atoms with Gasteiger partial charge in [-0.25, -0.2) is 0 Å². The molecule has 5 nitrogen and oxygen atoms in total. The summed E-state index contributed by atoms with van der Waals surface area (Å²) in [4.78, 5) is 14.9. The van der Waals surface area contributed by atoms with Gasteiger partial charge in [-0.05, 0) is 18.6 Å². The van der Waals surface area contributed by atoms with Crippen molar-refractivity contribution < 1.29 is 23.4 Å². The highest BCUT2D eigenvalue weighted by Crippen LogP contribution is 2.25. The van der Waals surface area contributed by atoms with Crippen LogP contribution in [0.3, 0.4) is 0 Å². The summed E-state index contributed by atoms with van der Waals surface area (Å²) in [6.07, 6.45) is 0.533. The standard InChI is InChI=1S/C12H16F2N2O3/c1-19-8-9(17)5-7-16-11(18)12(13,14)10-4-2-3-6-15-10/h2-4,6,9,17H,5,7-8H2,1H3,(H,16,18). The number of aliphatic hydroxyl groups excluding tert-OH is 1. The van der Waals surface area contributed by atoms with E-state index in [4.69, 9.17) is 0 Å². The Kier molecular flexibility index (Phi) is 5.78. The van der Waals surface area contributed by atoms with Gasteiger partial charge in [-0.15, -0.1) is 0 Å². The molecule has 7 heteroatoms. The molecule has 1 unspecified atom stereocenters. The van der Waals surface area contributed by atoms with Gasteiger partial charge >= 0.3 is 5.92 Å². The molecule has 0 radical (unpaired) electrons. The summed E-state index contributed by atoms with van der Waals surface area (Å²) in [5.74, 6) is -5.12. The first-order valence-electron chi connectivity index (χ1n) is 5.73. The number of ether oxygens (including phenoxy) is 1. The second-order valence-corrected chi connectivity index (χ2v) is 3.94. The molecule has 1 aromatic rings. The Morgan fingerprint density at radius 3 is 2.89 bits per heavy atom. The van der Waals surface area contributed by atoms with E-state index in [1.165, 1.54) is 25.4 Å². The zero-order valence-electron chi connectivity index (χ0n) is 10.5. The van der Waals surface area contributed by atoms with E-state index in [1.807, 2.05) is 0 Å². The molecule has 1 atom stereocenters. The van der Waals surface area contributed by atoms with Crippen LogP contribution in [0.15, 0.2) is 24.4 Å². The van der Waals surface area contributed by atoms with Crippen molar-refractivity contribution in [2.24, 2.45) is 0 Å². The van der Waals surface area contributed by atoms with Gasteiger partial charge in [0.15, 0.2) is 0 Å². The van der Waals surface area contributed by atoms with Crippen molar-refractivity contribution in [1.29, 1.82) is 0 Å². The molecule has 2 N–H and O–H groups in total. The first-order valence-corrected chi connectivity index (χ1v) is 5.73. The lowest BCUT2D eigenvalue weighted by Crippen LogP contribution is -2.40. The average molecular weight is 274 g/mol. The third kappa shape index (κ3) is 4.53. The molecule has 0 saturated heterocycles. The van der Waals surface area contributed by atoms with Crippen molar-refractivity contribution in [3.63, 3.8) is 0 Å². The number of amides is 1. The van der Waals surface area contributed by atoms with Gasteiger partial charge in [-0.2, -0.15) is 8.78 Å². The van der Waals surface area contributed by atoms with Gasteiger partial charge in [0.1, 0.15) is 5.69 Å². The third-order valence-electron chi connectivity index (χ3n) is 2.39. The lowest BCUT2D eigenvalue weighted by atomic mass is 10.2. The van der Waals surface area contributed by atoms with E-state index in [0.29, 0.717) is 0 Å². The van der Waals surface area contributed by atoms with E-state index < -0.39 is 23.6 Å². The van der Waals surface area contributed by atoms with Gasteiger partial charge in [0.2, 0.25) is 0 Å². The van der Waals surface area contributed by atoms with Crippen molar-refractivity contribution in [3.05, 3.63) is 30.1 Å². The van der Waals surface area contributed by atoms with E-state index in [0.717, 1.165) is 6.07 Å². The first-order chi connectivity index (χ1) is 8.98. The Morgan fingerprint density at radius 2 is 2.32 bits per heavy atom. The SMILES string of the molecule is COCC(O)CCNC(=O)C(F)(F)c1ccccn1. The van der Waals surface area contributed by atoms with Crippen LogP contribution in [0.2, 0.25) is 0 Å². The Labute approximate surface area is 109 Å². The molecule has 0 fully saturated rings. The van der Waals surface area contributed by atoms with Gasteiger partial charge < -0.3 is 15.2 Å². The minimum Gasteiger partial charge on any atom is -0.391 e. The van der Waals surface area contributed by atoms with Crippen molar-refractivity contribution >= 4 is 5.91 Å². The van der Waals surface area contributed by atoms with E-state index in [2.05, 4.69) is 15.0 Å². The summed E-state index contributed by atoms with van der Waals surface area (Å²) in [6.45, 7) is 0.0261. The third-order valence-corrected chi connectivity index (χ3v) is 2.39. The van der Waals surface area contributed by atoms with E-state index in [1.54, 1.807) is 0 Å². The number of hydrogen-bond acceptors (Lipinski definition) is 4. The Bertz CT molecular complexity index is 401. The summed E-state index contributed by atoms with van der Waals surface area (Å²) >= 11 is 0. The number of halogens is 2. The average Bonchev–Trinajstić information content (AvgIpc) is 2.40. The molecular formula is C12H16F2N2O3. The summed E-state index contributed by atoms with van der Waals surface area (Å²) in [5.41, 5.74) is -0.607. The van der Waals surface area contributed by atoms with Crippen molar-refractivity contribution in [2.45, 2.75) is 18.4 Å². The second kappa shape index (κ2) is 7.10. The molecule has 0 aliphatic carbocycles. The molecule has 0 bridgehead atoms. The normalized spacial score (nSPS) is 13.1. The Hall–Kier alpha value is -1.60. The fourth-order valence-electron chi connectivity index (χ4n) is 1.40. The van der Waals surface area contributed by atoms with Crippen molar-refractivity contribution in [2.75, 3.05) is 20.3 Å². The fourth-order valence-corrected chi connectivity index (χ4v) is 1.40. The zero-order valence-corrected chi connectivity index (χ0v) is 10.5. The molecule has 1 heterocycles. The minimum atomic E-state index is -3.69. The summed E-state index contributed by atoms with van der Waals surface area (Å²) in [6, 6.07) is 3.95. The van der Waals surface area contributed by atoms with Crippen LogP contribution in [0.5, 0.6) is 0 Å². The smallest absolute Gasteiger partial charge is 0.366 e. The Balaban J connectivity index is 2.49. The summed E-state index contributed by atoms with van der Waals surface area (Å²) in [7, 11) is 1.41. The fraction of sp³-hybridized carbons (Fsp3) is 0.500. The topological polar surface area (TPSA) is 71.5 Å². The van der Waals surface area contributed by atoms with E-state index in [-0.39, 0.29) is 19.6 Å². The highest BCUT2D eigenvalue weighted by atomic mass is 19.3. The molecule has 0 aliphatic rings. The first kappa shape index (κ1) is 15.5. The molecule has 0 saturated carbocycles. The number of pyridine rings is 1. The zero-order chi connectivity index (χ0) is 14.3. The quantitative estimate of drug-likeness (QED) is 0.767. The number of methoxy groups -OCH3 is 1. The van der Waals surface area contributed by atoms with Crippen LogP contribution in [0.25, 0.3) is 0 Å². The maximum atomic E-state index is 13.7. The molecule has 0 aromatic carbocycles. The van der Waals surface area contributed by atoms with Gasteiger partial charge in [0.25, 0.3) is 5.91 Å². The number of nitrogens with one attached hydrogen (secondary N) is 1. The molecule has 1 rings (SSSR count). The predicted molar refractivity (Wildman–Crippen MR) is 63.6 cm³/mol. The number of aromatic nitrogens is 1. The monoisotopic (exact) mass is 274 g/mol. The lowest BCUT2D eigenvalue weighted by Gasteiger charge is -2.16. The number of aliphatic hydroxyl groups is 1. The molecule has 106 valence electrons. The van der Waals surface area contributed by atoms with Gasteiger partial charge in [-0.1, -0.05) is 6.07 Å². The van der Waals surface area contributed by atoms with Gasteiger partial charge in [0, 0.05) is 19.9 Å². The van der Waals surface area contributed by atoms with Crippen LogP contribution < -0.4 is 5.32 Å². The molecule has 1 amide bonds.